The van der Waals surface area contributed by atoms with Crippen LogP contribution in [-0.2, 0) is 6.61 Å². The van der Waals surface area contributed by atoms with Crippen molar-refractivity contribution >= 4 is 5.91 Å². The Labute approximate surface area is 117 Å². The van der Waals surface area contributed by atoms with Gasteiger partial charge in [-0.25, -0.2) is 0 Å². The summed E-state index contributed by atoms with van der Waals surface area (Å²) in [4.78, 5) is 15.7. The van der Waals surface area contributed by atoms with E-state index in [-0.39, 0.29) is 12.5 Å². The van der Waals surface area contributed by atoms with E-state index in [2.05, 4.69) is 10.3 Å². The van der Waals surface area contributed by atoms with Crippen molar-refractivity contribution in [2.24, 2.45) is 0 Å². The van der Waals surface area contributed by atoms with Gasteiger partial charge >= 0.3 is 0 Å². The Morgan fingerprint density at radius 1 is 1.35 bits per heavy atom. The molecule has 0 aliphatic heterocycles. The van der Waals surface area contributed by atoms with Gasteiger partial charge in [0.25, 0.3) is 5.91 Å². The van der Waals surface area contributed by atoms with Crippen molar-refractivity contribution in [2.45, 2.75) is 13.5 Å². The summed E-state index contributed by atoms with van der Waals surface area (Å²) in [6.45, 7) is 2.28. The molecule has 0 spiro atoms. The van der Waals surface area contributed by atoms with Gasteiger partial charge in [0.15, 0.2) is 0 Å². The van der Waals surface area contributed by atoms with E-state index in [0.717, 1.165) is 0 Å². The number of amides is 1. The van der Waals surface area contributed by atoms with Crippen LogP contribution in [0, 0.1) is 0 Å². The van der Waals surface area contributed by atoms with Crippen LogP contribution in [0.3, 0.4) is 0 Å². The van der Waals surface area contributed by atoms with Crippen LogP contribution in [0.1, 0.15) is 23.0 Å². The van der Waals surface area contributed by atoms with Crippen molar-refractivity contribution < 1.29 is 14.6 Å². The highest BCUT2D eigenvalue weighted by Crippen LogP contribution is 2.25. The fourth-order valence-corrected chi connectivity index (χ4v) is 1.71. The molecule has 2 aromatic rings. The first-order valence-corrected chi connectivity index (χ1v) is 6.35. The molecule has 0 unspecified atom stereocenters. The van der Waals surface area contributed by atoms with Crippen LogP contribution < -0.4 is 10.1 Å². The number of ether oxygens (including phenoxy) is 1. The van der Waals surface area contributed by atoms with E-state index in [0.29, 0.717) is 29.3 Å². The van der Waals surface area contributed by atoms with Gasteiger partial charge in [0, 0.05) is 24.4 Å². The second-order valence-electron chi connectivity index (χ2n) is 4.10. The van der Waals surface area contributed by atoms with Gasteiger partial charge in [-0.3, -0.25) is 9.78 Å². The molecule has 5 heteroatoms. The van der Waals surface area contributed by atoms with Gasteiger partial charge in [0.2, 0.25) is 0 Å². The van der Waals surface area contributed by atoms with E-state index < -0.39 is 0 Å². The maximum atomic E-state index is 11.7. The predicted molar refractivity (Wildman–Crippen MR) is 74.7 cm³/mol. The zero-order chi connectivity index (χ0) is 14.4. The second-order valence-corrected chi connectivity index (χ2v) is 4.10. The van der Waals surface area contributed by atoms with E-state index in [9.17, 15) is 9.90 Å². The Morgan fingerprint density at radius 3 is 2.90 bits per heavy atom. The lowest BCUT2D eigenvalue weighted by Crippen LogP contribution is -2.23. The van der Waals surface area contributed by atoms with Gasteiger partial charge in [0.05, 0.1) is 6.61 Å². The molecule has 104 valence electrons. The van der Waals surface area contributed by atoms with Crippen LogP contribution in [0.2, 0.25) is 0 Å². The highest BCUT2D eigenvalue weighted by molar-refractivity contribution is 5.92. The van der Waals surface area contributed by atoms with Crippen LogP contribution in [0.25, 0.3) is 0 Å². The number of carbonyl (C=O) groups is 1. The quantitative estimate of drug-likeness (QED) is 0.874. The van der Waals surface area contributed by atoms with Crippen molar-refractivity contribution in [3.63, 3.8) is 0 Å². The molecule has 2 rings (SSSR count). The molecule has 1 aromatic heterocycles. The number of carbonyl (C=O) groups excluding carboxylic acids is 1. The summed E-state index contributed by atoms with van der Waals surface area (Å²) in [5.74, 6) is 0.818. The monoisotopic (exact) mass is 272 g/mol. The predicted octanol–water partition coefficient (Wildman–Crippen LogP) is 2.12. The van der Waals surface area contributed by atoms with Crippen LogP contribution in [-0.4, -0.2) is 22.5 Å². The zero-order valence-corrected chi connectivity index (χ0v) is 11.2. The Kier molecular flexibility index (Phi) is 4.68. The molecule has 0 aliphatic carbocycles. The molecule has 1 heterocycles. The summed E-state index contributed by atoms with van der Waals surface area (Å²) in [7, 11) is 0. The number of nitrogens with one attached hydrogen (secondary N) is 1. The number of para-hydroxylation sites is 1. The van der Waals surface area contributed by atoms with E-state index in [1.165, 1.54) is 6.20 Å². The minimum Gasteiger partial charge on any atom is -0.457 e. The third-order valence-electron chi connectivity index (χ3n) is 2.67. The largest absolute Gasteiger partial charge is 0.457 e. The third kappa shape index (κ3) is 3.33. The second kappa shape index (κ2) is 6.68. The van der Waals surface area contributed by atoms with E-state index in [4.69, 9.17) is 4.74 Å². The van der Waals surface area contributed by atoms with Crippen molar-refractivity contribution in [2.75, 3.05) is 6.54 Å². The topological polar surface area (TPSA) is 71.5 Å². The van der Waals surface area contributed by atoms with E-state index >= 15 is 0 Å². The number of pyridine rings is 1. The number of nitrogens with zero attached hydrogens (tertiary/aromatic N) is 1. The molecule has 0 fully saturated rings. The third-order valence-corrected chi connectivity index (χ3v) is 2.67. The number of aromatic nitrogens is 1. The van der Waals surface area contributed by atoms with Gasteiger partial charge in [-0.2, -0.15) is 0 Å². The van der Waals surface area contributed by atoms with E-state index in [1.807, 2.05) is 19.1 Å². The molecule has 5 nitrogen and oxygen atoms in total. The average Bonchev–Trinajstić information content (AvgIpc) is 2.48. The molecule has 0 saturated carbocycles. The summed E-state index contributed by atoms with van der Waals surface area (Å²) >= 11 is 0. The van der Waals surface area contributed by atoms with Crippen molar-refractivity contribution in [3.05, 3.63) is 53.9 Å². The highest BCUT2D eigenvalue weighted by Gasteiger charge is 2.09. The Hall–Kier alpha value is -2.40. The van der Waals surface area contributed by atoms with Crippen LogP contribution in [0.15, 0.2) is 42.6 Å². The number of hydrogen-bond acceptors (Lipinski definition) is 4. The van der Waals surface area contributed by atoms with Crippen molar-refractivity contribution in [1.82, 2.24) is 10.3 Å². The fourth-order valence-electron chi connectivity index (χ4n) is 1.71. The number of benzene rings is 1. The number of aliphatic hydroxyl groups excluding tert-OH is 1. The number of hydrogen-bond donors (Lipinski definition) is 2. The molecule has 0 aliphatic rings. The van der Waals surface area contributed by atoms with E-state index in [1.54, 1.807) is 24.3 Å². The summed E-state index contributed by atoms with van der Waals surface area (Å²) in [6, 6.07) is 10.4. The molecule has 0 bridgehead atoms. The maximum absolute atomic E-state index is 11.7. The first-order valence-electron chi connectivity index (χ1n) is 6.35. The number of aliphatic hydroxyl groups is 1. The molecular formula is C15H16N2O3. The molecule has 20 heavy (non-hydrogen) atoms. The lowest BCUT2D eigenvalue weighted by Gasteiger charge is -2.10. The molecule has 2 N–H and O–H groups in total. The van der Waals surface area contributed by atoms with Gasteiger partial charge < -0.3 is 15.2 Å². The Morgan fingerprint density at radius 2 is 2.15 bits per heavy atom. The summed E-state index contributed by atoms with van der Waals surface area (Å²) in [5, 5.41) is 11.9. The maximum Gasteiger partial charge on any atom is 0.270 e. The van der Waals surface area contributed by atoms with Crippen LogP contribution in [0.5, 0.6) is 11.5 Å². The highest BCUT2D eigenvalue weighted by atomic mass is 16.5. The molecule has 1 aromatic carbocycles. The fraction of sp³-hybridized carbons (Fsp3) is 0.200. The molecule has 0 radical (unpaired) electrons. The first-order chi connectivity index (χ1) is 9.74. The van der Waals surface area contributed by atoms with Crippen molar-refractivity contribution in [3.8, 4) is 11.5 Å². The van der Waals surface area contributed by atoms with Gasteiger partial charge in [-0.1, -0.05) is 18.2 Å². The smallest absolute Gasteiger partial charge is 0.270 e. The number of rotatable bonds is 5. The molecular weight excluding hydrogens is 256 g/mol. The minimum atomic E-state index is -0.242. The molecule has 0 atom stereocenters. The minimum absolute atomic E-state index is 0.107. The summed E-state index contributed by atoms with van der Waals surface area (Å²) in [6.07, 6.45) is 1.52. The lowest BCUT2D eigenvalue weighted by atomic mass is 10.2. The normalized spacial score (nSPS) is 10.1. The molecule has 1 amide bonds. The SMILES string of the molecule is CCNC(=O)c1cc(Oc2ccccc2CO)ccn1. The Balaban J connectivity index is 2.21. The summed E-state index contributed by atoms with van der Waals surface area (Å²) < 4.78 is 5.69. The average molecular weight is 272 g/mol. The Bertz CT molecular complexity index is 599. The zero-order valence-electron chi connectivity index (χ0n) is 11.2. The lowest BCUT2D eigenvalue weighted by molar-refractivity contribution is 0.0950. The molecule has 0 saturated heterocycles. The standard InChI is InChI=1S/C15H16N2O3/c1-2-16-15(19)13-9-12(7-8-17-13)20-14-6-4-3-5-11(14)10-18/h3-9,18H,2,10H2,1H3,(H,16,19). The summed E-state index contributed by atoms with van der Waals surface area (Å²) in [5.41, 5.74) is 0.981. The van der Waals surface area contributed by atoms with Crippen LogP contribution >= 0.6 is 0 Å². The van der Waals surface area contributed by atoms with Gasteiger partial charge in [0.1, 0.15) is 17.2 Å². The van der Waals surface area contributed by atoms with Gasteiger partial charge in [-0.05, 0) is 19.1 Å². The van der Waals surface area contributed by atoms with Gasteiger partial charge in [-0.15, -0.1) is 0 Å². The first kappa shape index (κ1) is 14.0. The van der Waals surface area contributed by atoms with Crippen LogP contribution in [0.4, 0.5) is 0 Å². The van der Waals surface area contributed by atoms with Crippen molar-refractivity contribution in [1.29, 1.82) is 0 Å².